The van der Waals surface area contributed by atoms with Crippen LogP contribution in [-0.2, 0) is 10.2 Å². The molecule has 0 saturated carbocycles. The average Bonchev–Trinajstić information content (AvgIpc) is 2.70. The van der Waals surface area contributed by atoms with E-state index < -0.39 is 5.41 Å². The average molecular weight is 314 g/mol. The van der Waals surface area contributed by atoms with E-state index in [0.29, 0.717) is 10.6 Å². The Morgan fingerprint density at radius 2 is 1.86 bits per heavy atom. The predicted molar refractivity (Wildman–Crippen MR) is 87.6 cm³/mol. The molecule has 0 N–H and O–H groups in total. The van der Waals surface area contributed by atoms with E-state index in [1.807, 2.05) is 31.2 Å². The number of ketones is 1. The number of likely N-dealkylation sites (N-methyl/N-ethyl adjacent to an activating group) is 1. The molecule has 0 aromatic heterocycles. The van der Waals surface area contributed by atoms with Crippen LogP contribution in [0.15, 0.2) is 48.5 Å². The van der Waals surface area contributed by atoms with Crippen LogP contribution in [0.2, 0.25) is 5.02 Å². The molecule has 2 aromatic carbocycles. The second-order valence-electron chi connectivity index (χ2n) is 5.82. The number of carbonyl (C=O) groups excluding carboxylic acids is 2. The number of fused-ring (bicyclic) bond motifs is 1. The highest BCUT2D eigenvalue weighted by atomic mass is 35.5. The fourth-order valence-corrected chi connectivity index (χ4v) is 3.23. The van der Waals surface area contributed by atoms with Gasteiger partial charge in [0.25, 0.3) is 0 Å². The molecule has 0 aliphatic carbocycles. The number of rotatable bonds is 3. The summed E-state index contributed by atoms with van der Waals surface area (Å²) >= 11 is 6.08. The summed E-state index contributed by atoms with van der Waals surface area (Å²) in [7, 11) is 1.73. The number of carbonyl (C=O) groups is 2. The molecular formula is C18H16ClNO2. The fourth-order valence-electron chi connectivity index (χ4n) is 3.06. The zero-order valence-corrected chi connectivity index (χ0v) is 13.2. The van der Waals surface area contributed by atoms with Crippen molar-refractivity contribution in [2.24, 2.45) is 0 Å². The molecule has 0 fully saturated rings. The lowest BCUT2D eigenvalue weighted by Gasteiger charge is -2.22. The number of Topliss-reactive ketones (excluding diaryl/α,β-unsaturated/α-hetero) is 1. The third-order valence-corrected chi connectivity index (χ3v) is 4.54. The summed E-state index contributed by atoms with van der Waals surface area (Å²) in [6, 6.07) is 14.4. The molecule has 0 bridgehead atoms. The maximum absolute atomic E-state index is 12.7. The van der Waals surface area contributed by atoms with Gasteiger partial charge in [-0.2, -0.15) is 0 Å². The molecule has 3 nitrogen and oxygen atoms in total. The lowest BCUT2D eigenvalue weighted by atomic mass is 9.78. The summed E-state index contributed by atoms with van der Waals surface area (Å²) in [6.45, 7) is 1.81. The highest BCUT2D eigenvalue weighted by Gasteiger charge is 2.47. The van der Waals surface area contributed by atoms with Crippen molar-refractivity contribution < 1.29 is 9.59 Å². The van der Waals surface area contributed by atoms with Crippen LogP contribution in [0.4, 0.5) is 5.69 Å². The van der Waals surface area contributed by atoms with Crippen LogP contribution in [0, 0.1) is 0 Å². The van der Waals surface area contributed by atoms with Gasteiger partial charge in [0.1, 0.15) is 0 Å². The summed E-state index contributed by atoms with van der Waals surface area (Å²) < 4.78 is 0. The number of hydrogen-bond donors (Lipinski definition) is 0. The third-order valence-electron chi connectivity index (χ3n) is 4.30. The third kappa shape index (κ3) is 2.22. The van der Waals surface area contributed by atoms with E-state index in [1.54, 1.807) is 36.2 Å². The fraction of sp³-hybridized carbons (Fsp3) is 0.222. The number of benzene rings is 2. The first-order valence-electron chi connectivity index (χ1n) is 7.10. The van der Waals surface area contributed by atoms with Gasteiger partial charge < -0.3 is 4.90 Å². The Hall–Kier alpha value is -2.13. The van der Waals surface area contributed by atoms with E-state index in [1.165, 1.54) is 0 Å². The highest BCUT2D eigenvalue weighted by Crippen LogP contribution is 2.44. The molecule has 4 heteroatoms. The monoisotopic (exact) mass is 313 g/mol. The minimum Gasteiger partial charge on any atom is -0.314 e. The SMILES string of the molecule is CN1C(=O)[C@](C)(CC(=O)c2ccccc2)c2cc(Cl)ccc21. The molecule has 1 aliphatic rings. The maximum atomic E-state index is 12.7. The molecule has 1 aliphatic heterocycles. The normalized spacial score (nSPS) is 20.1. The van der Waals surface area contributed by atoms with Gasteiger partial charge in [-0.05, 0) is 30.7 Å². The first-order chi connectivity index (χ1) is 10.4. The van der Waals surface area contributed by atoms with Gasteiger partial charge in [-0.3, -0.25) is 9.59 Å². The van der Waals surface area contributed by atoms with Crippen molar-refractivity contribution in [2.75, 3.05) is 11.9 Å². The highest BCUT2D eigenvalue weighted by molar-refractivity contribution is 6.31. The van der Waals surface area contributed by atoms with Crippen molar-refractivity contribution in [1.82, 2.24) is 0 Å². The lowest BCUT2D eigenvalue weighted by Crippen LogP contribution is -2.37. The predicted octanol–water partition coefficient (Wildman–Crippen LogP) is 3.85. The van der Waals surface area contributed by atoms with Gasteiger partial charge in [0.15, 0.2) is 5.78 Å². The van der Waals surface area contributed by atoms with E-state index in [4.69, 9.17) is 11.6 Å². The second kappa shape index (κ2) is 5.25. The van der Waals surface area contributed by atoms with Crippen molar-refractivity contribution in [2.45, 2.75) is 18.8 Å². The van der Waals surface area contributed by atoms with Crippen LogP contribution in [0.3, 0.4) is 0 Å². The van der Waals surface area contributed by atoms with Gasteiger partial charge in [-0.1, -0.05) is 41.9 Å². The molecule has 1 heterocycles. The largest absolute Gasteiger partial charge is 0.314 e. The van der Waals surface area contributed by atoms with E-state index in [0.717, 1.165) is 11.3 Å². The van der Waals surface area contributed by atoms with Crippen molar-refractivity contribution in [1.29, 1.82) is 0 Å². The molecule has 112 valence electrons. The number of amides is 1. The summed E-state index contributed by atoms with van der Waals surface area (Å²) in [6.07, 6.45) is 0.132. The van der Waals surface area contributed by atoms with Crippen LogP contribution in [0.5, 0.6) is 0 Å². The van der Waals surface area contributed by atoms with Gasteiger partial charge in [0.2, 0.25) is 5.91 Å². The number of halogens is 1. The zero-order chi connectivity index (χ0) is 15.9. The summed E-state index contributed by atoms with van der Waals surface area (Å²) in [5.74, 6) is -0.119. The summed E-state index contributed by atoms with van der Waals surface area (Å²) in [5, 5.41) is 0.570. The zero-order valence-electron chi connectivity index (χ0n) is 12.5. The topological polar surface area (TPSA) is 37.4 Å². The van der Waals surface area contributed by atoms with Crippen LogP contribution >= 0.6 is 11.6 Å². The van der Waals surface area contributed by atoms with Crippen LogP contribution in [-0.4, -0.2) is 18.7 Å². The molecule has 2 aromatic rings. The molecule has 0 radical (unpaired) electrons. The number of anilines is 1. The van der Waals surface area contributed by atoms with Crippen LogP contribution in [0.1, 0.15) is 29.3 Å². The van der Waals surface area contributed by atoms with Crippen LogP contribution in [0.25, 0.3) is 0 Å². The Balaban J connectivity index is 2.01. The molecule has 0 spiro atoms. The molecular weight excluding hydrogens is 298 g/mol. The molecule has 0 unspecified atom stereocenters. The van der Waals surface area contributed by atoms with Gasteiger partial charge >= 0.3 is 0 Å². The van der Waals surface area contributed by atoms with E-state index in [-0.39, 0.29) is 18.1 Å². The number of hydrogen-bond acceptors (Lipinski definition) is 2. The smallest absolute Gasteiger partial charge is 0.237 e. The van der Waals surface area contributed by atoms with Gasteiger partial charge in [-0.15, -0.1) is 0 Å². The lowest BCUT2D eigenvalue weighted by molar-refractivity contribution is -0.122. The minimum atomic E-state index is -0.873. The van der Waals surface area contributed by atoms with Crippen molar-refractivity contribution >= 4 is 29.0 Å². The van der Waals surface area contributed by atoms with Crippen LogP contribution < -0.4 is 4.90 Å². The molecule has 1 amide bonds. The standard InChI is InChI=1S/C18H16ClNO2/c1-18(11-16(21)12-6-4-3-5-7-12)14-10-13(19)8-9-15(14)20(2)17(18)22/h3-10H,11H2,1-2H3/t18-/m1/s1. The Morgan fingerprint density at radius 3 is 2.55 bits per heavy atom. The first-order valence-corrected chi connectivity index (χ1v) is 7.48. The Labute approximate surface area is 134 Å². The summed E-state index contributed by atoms with van der Waals surface area (Å²) in [4.78, 5) is 26.8. The van der Waals surface area contributed by atoms with Gasteiger partial charge in [0, 0.05) is 29.7 Å². The van der Waals surface area contributed by atoms with Crippen molar-refractivity contribution in [3.63, 3.8) is 0 Å². The quantitative estimate of drug-likeness (QED) is 0.807. The van der Waals surface area contributed by atoms with Gasteiger partial charge in [-0.25, -0.2) is 0 Å². The van der Waals surface area contributed by atoms with Crippen molar-refractivity contribution in [3.8, 4) is 0 Å². The summed E-state index contributed by atoms with van der Waals surface area (Å²) in [5.41, 5.74) is 1.38. The first kappa shape index (κ1) is 14.8. The Kier molecular flexibility index (Phi) is 3.53. The van der Waals surface area contributed by atoms with E-state index >= 15 is 0 Å². The molecule has 1 atom stereocenters. The molecule has 0 saturated heterocycles. The van der Waals surface area contributed by atoms with E-state index in [2.05, 4.69) is 0 Å². The van der Waals surface area contributed by atoms with E-state index in [9.17, 15) is 9.59 Å². The maximum Gasteiger partial charge on any atom is 0.237 e. The Morgan fingerprint density at radius 1 is 1.18 bits per heavy atom. The number of nitrogens with zero attached hydrogens (tertiary/aromatic N) is 1. The second-order valence-corrected chi connectivity index (χ2v) is 6.26. The Bertz CT molecular complexity index is 757. The van der Waals surface area contributed by atoms with Gasteiger partial charge in [0.05, 0.1) is 5.41 Å². The molecule has 3 rings (SSSR count). The van der Waals surface area contributed by atoms with Crippen molar-refractivity contribution in [3.05, 3.63) is 64.7 Å². The minimum absolute atomic E-state index is 0.0438. The molecule has 22 heavy (non-hydrogen) atoms.